The molecule has 2 unspecified atom stereocenters. The first kappa shape index (κ1) is 16.1. The van der Waals surface area contributed by atoms with E-state index in [1.807, 2.05) is 12.1 Å². The summed E-state index contributed by atoms with van der Waals surface area (Å²) in [7, 11) is -3.75. The molecular weight excluding hydrogens is 349 g/mol. The molecule has 1 saturated heterocycles. The number of benzene rings is 2. The summed E-state index contributed by atoms with van der Waals surface area (Å²) in [5.41, 5.74) is 1.78. The summed E-state index contributed by atoms with van der Waals surface area (Å²) in [6, 6.07) is 10.6. The quantitative estimate of drug-likeness (QED) is 0.886. The molecule has 0 spiro atoms. The normalized spacial score (nSPS) is 26.0. The average Bonchev–Trinajstić information content (AvgIpc) is 3.00. The summed E-state index contributed by atoms with van der Waals surface area (Å²) in [6.45, 7) is 0.626. The zero-order chi connectivity index (χ0) is 16.9. The Kier molecular flexibility index (Phi) is 3.71. The molecule has 0 amide bonds. The Labute approximate surface area is 145 Å². The minimum atomic E-state index is -3.75. The number of sulfone groups is 1. The van der Waals surface area contributed by atoms with Crippen molar-refractivity contribution in [2.24, 2.45) is 0 Å². The van der Waals surface area contributed by atoms with Crippen molar-refractivity contribution in [2.45, 2.75) is 34.9 Å². The summed E-state index contributed by atoms with van der Waals surface area (Å²) in [5, 5.41) is 3.95. The maximum absolute atomic E-state index is 13.7. The van der Waals surface area contributed by atoms with Crippen molar-refractivity contribution >= 4 is 21.4 Å². The van der Waals surface area contributed by atoms with Gasteiger partial charge >= 0.3 is 0 Å². The second-order valence-corrected chi connectivity index (χ2v) is 9.09. The molecular formula is C18H17ClFNO2S. The van der Waals surface area contributed by atoms with E-state index in [-0.39, 0.29) is 10.9 Å². The van der Waals surface area contributed by atoms with Gasteiger partial charge in [0.15, 0.2) is 9.84 Å². The molecule has 24 heavy (non-hydrogen) atoms. The highest BCUT2D eigenvalue weighted by Gasteiger charge is 2.57. The zero-order valence-corrected chi connectivity index (χ0v) is 14.5. The van der Waals surface area contributed by atoms with E-state index in [4.69, 9.17) is 11.6 Å². The zero-order valence-electron chi connectivity index (χ0n) is 12.9. The monoisotopic (exact) mass is 365 g/mol. The van der Waals surface area contributed by atoms with Crippen LogP contribution in [-0.4, -0.2) is 21.0 Å². The van der Waals surface area contributed by atoms with Crippen LogP contribution in [0.2, 0.25) is 5.02 Å². The molecule has 1 fully saturated rings. The first-order valence-corrected chi connectivity index (χ1v) is 9.84. The molecule has 1 aliphatic heterocycles. The molecule has 1 aliphatic carbocycles. The average molecular weight is 366 g/mol. The number of fused-ring (bicyclic) bond motifs is 3. The number of aryl methyl sites for hydroxylation is 1. The Morgan fingerprint density at radius 3 is 2.83 bits per heavy atom. The van der Waals surface area contributed by atoms with Crippen molar-refractivity contribution in [1.29, 1.82) is 0 Å². The number of nitrogens with one attached hydrogen (secondary N) is 1. The van der Waals surface area contributed by atoms with Crippen molar-refractivity contribution in [2.75, 3.05) is 6.54 Å². The molecule has 2 aliphatic rings. The fourth-order valence-corrected chi connectivity index (χ4v) is 6.80. The van der Waals surface area contributed by atoms with E-state index in [2.05, 4.69) is 5.32 Å². The molecule has 2 aromatic rings. The summed E-state index contributed by atoms with van der Waals surface area (Å²) >= 11 is 6.10. The Balaban J connectivity index is 1.98. The molecule has 6 heteroatoms. The maximum atomic E-state index is 13.7. The third-order valence-corrected chi connectivity index (χ3v) is 8.04. The van der Waals surface area contributed by atoms with E-state index in [1.54, 1.807) is 6.07 Å². The van der Waals surface area contributed by atoms with E-state index < -0.39 is 20.4 Å². The molecule has 2 aromatic carbocycles. The Bertz CT molecular complexity index is 915. The minimum absolute atomic E-state index is 0.0407. The summed E-state index contributed by atoms with van der Waals surface area (Å²) in [5.74, 6) is -0.540. The molecule has 3 nitrogen and oxygen atoms in total. The van der Waals surface area contributed by atoms with E-state index >= 15 is 0 Å². The first-order chi connectivity index (χ1) is 11.4. The van der Waals surface area contributed by atoms with Gasteiger partial charge in [0.2, 0.25) is 0 Å². The lowest BCUT2D eigenvalue weighted by Gasteiger charge is -2.40. The second kappa shape index (κ2) is 5.55. The number of rotatable bonds is 2. The molecule has 4 rings (SSSR count). The van der Waals surface area contributed by atoms with E-state index in [0.29, 0.717) is 18.0 Å². The maximum Gasteiger partial charge on any atom is 0.189 e. The van der Waals surface area contributed by atoms with Crippen molar-refractivity contribution in [1.82, 2.24) is 5.32 Å². The largest absolute Gasteiger partial charge is 0.312 e. The van der Waals surface area contributed by atoms with Crippen LogP contribution in [-0.2, 0) is 21.0 Å². The Morgan fingerprint density at radius 1 is 1.21 bits per heavy atom. The van der Waals surface area contributed by atoms with Gasteiger partial charge in [-0.25, -0.2) is 12.8 Å². The van der Waals surface area contributed by atoms with Gasteiger partial charge in [0.25, 0.3) is 0 Å². The van der Waals surface area contributed by atoms with Crippen LogP contribution in [0.15, 0.2) is 47.4 Å². The SMILES string of the molecule is O=S(=O)(c1cccc(F)c1)C12CCNC1CCc1cc(Cl)ccc12. The lowest BCUT2D eigenvalue weighted by atomic mass is 9.79. The van der Waals surface area contributed by atoms with Crippen molar-refractivity contribution in [3.63, 3.8) is 0 Å². The highest BCUT2D eigenvalue weighted by Crippen LogP contribution is 2.49. The minimum Gasteiger partial charge on any atom is -0.312 e. The van der Waals surface area contributed by atoms with E-state index in [1.165, 1.54) is 18.2 Å². The summed E-state index contributed by atoms with van der Waals surface area (Å²) < 4.78 is 39.7. The first-order valence-electron chi connectivity index (χ1n) is 7.98. The molecule has 0 bridgehead atoms. The van der Waals surface area contributed by atoms with Crippen molar-refractivity contribution in [3.05, 3.63) is 64.4 Å². The van der Waals surface area contributed by atoms with Crippen molar-refractivity contribution in [3.8, 4) is 0 Å². The van der Waals surface area contributed by atoms with Gasteiger partial charge in [-0.3, -0.25) is 0 Å². The topological polar surface area (TPSA) is 46.2 Å². The fraction of sp³-hybridized carbons (Fsp3) is 0.333. The lowest BCUT2D eigenvalue weighted by molar-refractivity contribution is 0.415. The van der Waals surface area contributed by atoms with Crippen LogP contribution in [0.4, 0.5) is 4.39 Å². The standard InChI is InChI=1S/C18H17ClFNO2S/c19-13-5-6-16-12(10-13)4-7-17-18(16,8-9-21-17)24(22,23)15-3-1-2-14(20)11-15/h1-3,5-6,10-11,17,21H,4,7-9H2. The molecule has 1 N–H and O–H groups in total. The lowest BCUT2D eigenvalue weighted by Crippen LogP contribution is -2.49. The van der Waals surface area contributed by atoms with Crippen LogP contribution in [0.1, 0.15) is 24.0 Å². The number of halogens is 2. The summed E-state index contributed by atoms with van der Waals surface area (Å²) in [6.07, 6.45) is 1.99. The van der Waals surface area contributed by atoms with Crippen LogP contribution in [0.3, 0.4) is 0 Å². The molecule has 0 radical (unpaired) electrons. The molecule has 126 valence electrons. The third kappa shape index (κ3) is 2.15. The highest BCUT2D eigenvalue weighted by atomic mass is 35.5. The Hall–Kier alpha value is -1.43. The van der Waals surface area contributed by atoms with E-state index in [9.17, 15) is 12.8 Å². The predicted octanol–water partition coefficient (Wildman–Crippen LogP) is 3.46. The number of hydrogen-bond acceptors (Lipinski definition) is 3. The van der Waals surface area contributed by atoms with Gasteiger partial charge in [-0.05, 0) is 67.3 Å². The van der Waals surface area contributed by atoms with Gasteiger partial charge in [0.05, 0.1) is 4.90 Å². The van der Waals surface area contributed by atoms with Crippen molar-refractivity contribution < 1.29 is 12.8 Å². The van der Waals surface area contributed by atoms with Gasteiger partial charge in [0, 0.05) is 11.1 Å². The highest BCUT2D eigenvalue weighted by molar-refractivity contribution is 7.92. The van der Waals surface area contributed by atoms with Gasteiger partial charge < -0.3 is 5.32 Å². The van der Waals surface area contributed by atoms with Crippen LogP contribution < -0.4 is 5.32 Å². The molecule has 0 aromatic heterocycles. The second-order valence-electron chi connectivity index (χ2n) is 6.45. The van der Waals surface area contributed by atoms with Gasteiger partial charge in [-0.2, -0.15) is 0 Å². The van der Waals surface area contributed by atoms with Gasteiger partial charge in [-0.1, -0.05) is 23.7 Å². The molecule has 2 atom stereocenters. The van der Waals surface area contributed by atoms with Crippen LogP contribution in [0.5, 0.6) is 0 Å². The van der Waals surface area contributed by atoms with E-state index in [0.717, 1.165) is 30.0 Å². The van der Waals surface area contributed by atoms with Crippen LogP contribution >= 0.6 is 11.6 Å². The summed E-state index contributed by atoms with van der Waals surface area (Å²) in [4.78, 5) is 0.0407. The smallest absolute Gasteiger partial charge is 0.189 e. The van der Waals surface area contributed by atoms with Gasteiger partial charge in [-0.15, -0.1) is 0 Å². The third-order valence-electron chi connectivity index (χ3n) is 5.26. The van der Waals surface area contributed by atoms with Gasteiger partial charge in [0.1, 0.15) is 10.6 Å². The van der Waals surface area contributed by atoms with Crippen LogP contribution in [0.25, 0.3) is 0 Å². The molecule has 1 heterocycles. The fourth-order valence-electron chi connectivity index (χ4n) is 4.22. The number of hydrogen-bond donors (Lipinski definition) is 1. The van der Waals surface area contributed by atoms with Crippen LogP contribution in [0, 0.1) is 5.82 Å². The predicted molar refractivity (Wildman–Crippen MR) is 91.4 cm³/mol. The Morgan fingerprint density at radius 2 is 2.04 bits per heavy atom. The molecule has 0 saturated carbocycles.